The van der Waals surface area contributed by atoms with Crippen LogP contribution in [-0.4, -0.2) is 47.7 Å². The molecule has 0 bridgehead atoms. The smallest absolute Gasteiger partial charge is 0.232 e. The van der Waals surface area contributed by atoms with Crippen molar-refractivity contribution in [1.82, 2.24) is 14.9 Å². The Balaban J connectivity index is 1.57. The molecular formula is C26H28N4O2S. The number of hydrogen-bond donors (Lipinski definition) is 1. The third-order valence-electron chi connectivity index (χ3n) is 5.79. The van der Waals surface area contributed by atoms with Crippen LogP contribution in [0.2, 0.25) is 0 Å². The van der Waals surface area contributed by atoms with Gasteiger partial charge in [-0.2, -0.15) is 4.98 Å². The first-order valence-electron chi connectivity index (χ1n) is 11.4. The lowest BCUT2D eigenvalue weighted by atomic mass is 10.1. The lowest BCUT2D eigenvalue weighted by molar-refractivity contribution is 0.0330. The second-order valence-corrected chi connectivity index (χ2v) is 9.00. The maximum absolute atomic E-state index is 6.46. The van der Waals surface area contributed by atoms with Gasteiger partial charge in [0.05, 0.1) is 25.1 Å². The summed E-state index contributed by atoms with van der Waals surface area (Å²) < 4.78 is 11.9. The number of aromatic nitrogens is 2. The number of ether oxygens (including phenoxy) is 2. The van der Waals surface area contributed by atoms with E-state index in [4.69, 9.17) is 19.4 Å². The number of morpholine rings is 1. The van der Waals surface area contributed by atoms with Gasteiger partial charge in [0.1, 0.15) is 16.4 Å². The van der Waals surface area contributed by atoms with Crippen molar-refractivity contribution in [1.29, 1.82) is 0 Å². The van der Waals surface area contributed by atoms with Crippen molar-refractivity contribution < 1.29 is 9.47 Å². The van der Waals surface area contributed by atoms with Gasteiger partial charge in [0.2, 0.25) is 5.88 Å². The average Bonchev–Trinajstić information content (AvgIpc) is 3.27. The summed E-state index contributed by atoms with van der Waals surface area (Å²) in [7, 11) is 0. The molecule has 0 amide bonds. The maximum atomic E-state index is 6.46. The highest BCUT2D eigenvalue weighted by atomic mass is 32.1. The first-order chi connectivity index (χ1) is 16.2. The first-order valence-corrected chi connectivity index (χ1v) is 12.2. The fourth-order valence-corrected chi connectivity index (χ4v) is 5.00. The van der Waals surface area contributed by atoms with Crippen LogP contribution in [0.25, 0.3) is 21.3 Å². The van der Waals surface area contributed by atoms with E-state index in [-0.39, 0.29) is 0 Å². The molecule has 0 atom stereocenters. The van der Waals surface area contributed by atoms with Gasteiger partial charge in [0.25, 0.3) is 0 Å². The van der Waals surface area contributed by atoms with Gasteiger partial charge in [-0.15, -0.1) is 11.3 Å². The summed E-state index contributed by atoms with van der Waals surface area (Å²) >= 11 is 1.64. The molecule has 6 nitrogen and oxygen atoms in total. The quantitative estimate of drug-likeness (QED) is 0.380. The Kier molecular flexibility index (Phi) is 6.53. The molecular weight excluding hydrogens is 432 g/mol. The monoisotopic (exact) mass is 460 g/mol. The molecule has 0 aliphatic carbocycles. The van der Waals surface area contributed by atoms with Gasteiger partial charge >= 0.3 is 0 Å². The van der Waals surface area contributed by atoms with Gasteiger partial charge in [-0.25, -0.2) is 4.98 Å². The molecule has 5 rings (SSSR count). The molecule has 1 saturated heterocycles. The second kappa shape index (κ2) is 9.87. The summed E-state index contributed by atoms with van der Waals surface area (Å²) in [6.45, 7) is 9.01. The van der Waals surface area contributed by atoms with Crippen LogP contribution in [0.4, 0.5) is 5.69 Å². The Hall–Kier alpha value is -3.00. The molecule has 0 radical (unpaired) electrons. The van der Waals surface area contributed by atoms with E-state index < -0.39 is 0 Å². The zero-order chi connectivity index (χ0) is 22.6. The molecule has 0 spiro atoms. The molecule has 0 saturated carbocycles. The third-order valence-corrected chi connectivity index (χ3v) is 6.66. The van der Waals surface area contributed by atoms with Crippen LogP contribution in [-0.2, 0) is 11.3 Å². The molecule has 1 aliphatic rings. The zero-order valence-electron chi connectivity index (χ0n) is 19.0. The predicted molar refractivity (Wildman–Crippen MR) is 134 cm³/mol. The normalized spacial score (nSPS) is 14.5. The number of benzene rings is 2. The minimum Gasteiger partial charge on any atom is -0.438 e. The van der Waals surface area contributed by atoms with E-state index in [1.54, 1.807) is 11.3 Å². The Labute approximate surface area is 198 Å². The Bertz CT molecular complexity index is 1240. The van der Waals surface area contributed by atoms with Crippen molar-refractivity contribution in [2.75, 3.05) is 38.2 Å². The van der Waals surface area contributed by atoms with Crippen LogP contribution >= 0.6 is 11.3 Å². The van der Waals surface area contributed by atoms with Crippen molar-refractivity contribution in [3.05, 3.63) is 65.3 Å². The molecule has 1 N–H and O–H groups in total. The number of hydrogen-bond acceptors (Lipinski definition) is 7. The number of nitrogens with one attached hydrogen (secondary N) is 1. The standard InChI is InChI=1S/C26H28N4O2S/c1-3-27-22-15-20(10-9-18(22)2)32-25-24-21(19-7-5-4-6-8-19)17-33-26(24)29-23(28-25)16-30-11-13-31-14-12-30/h4-10,15,17,27H,3,11-14,16H2,1-2H3. The third kappa shape index (κ3) is 4.85. The average molecular weight is 461 g/mol. The molecule has 0 unspecified atom stereocenters. The summed E-state index contributed by atoms with van der Waals surface area (Å²) in [4.78, 5) is 13.1. The molecule has 7 heteroatoms. The minimum absolute atomic E-state index is 0.606. The van der Waals surface area contributed by atoms with Crippen molar-refractivity contribution in [3.8, 4) is 22.8 Å². The predicted octanol–water partition coefficient (Wildman–Crippen LogP) is 5.72. The fraction of sp³-hybridized carbons (Fsp3) is 0.308. The molecule has 170 valence electrons. The summed E-state index contributed by atoms with van der Waals surface area (Å²) in [5, 5.41) is 6.52. The highest BCUT2D eigenvalue weighted by Crippen LogP contribution is 2.40. The Morgan fingerprint density at radius 1 is 1.09 bits per heavy atom. The molecule has 2 aromatic carbocycles. The number of anilines is 1. The molecule has 1 fully saturated rings. The number of thiophene rings is 1. The maximum Gasteiger partial charge on any atom is 0.232 e. The van der Waals surface area contributed by atoms with E-state index in [0.29, 0.717) is 12.4 Å². The summed E-state index contributed by atoms with van der Waals surface area (Å²) in [6, 6.07) is 16.5. The van der Waals surface area contributed by atoms with Crippen LogP contribution < -0.4 is 10.1 Å². The lowest BCUT2D eigenvalue weighted by Gasteiger charge is -2.25. The Morgan fingerprint density at radius 3 is 2.70 bits per heavy atom. The van der Waals surface area contributed by atoms with Crippen LogP contribution in [0.1, 0.15) is 18.3 Å². The van der Waals surface area contributed by atoms with Gasteiger partial charge in [0, 0.05) is 42.3 Å². The van der Waals surface area contributed by atoms with Gasteiger partial charge in [0.15, 0.2) is 0 Å². The zero-order valence-corrected chi connectivity index (χ0v) is 19.8. The number of fused-ring (bicyclic) bond motifs is 1. The summed E-state index contributed by atoms with van der Waals surface area (Å²) in [5.74, 6) is 2.15. The number of aryl methyl sites for hydroxylation is 1. The van der Waals surface area contributed by atoms with Gasteiger partial charge in [-0.05, 0) is 31.0 Å². The van der Waals surface area contributed by atoms with Crippen LogP contribution in [0.3, 0.4) is 0 Å². The van der Waals surface area contributed by atoms with E-state index in [2.05, 4.69) is 59.8 Å². The van der Waals surface area contributed by atoms with E-state index >= 15 is 0 Å². The fourth-order valence-electron chi connectivity index (χ4n) is 4.04. The second-order valence-electron chi connectivity index (χ2n) is 8.14. The molecule has 2 aromatic heterocycles. The van der Waals surface area contributed by atoms with E-state index in [1.165, 1.54) is 5.56 Å². The summed E-state index contributed by atoms with van der Waals surface area (Å²) in [6.07, 6.45) is 0. The molecule has 33 heavy (non-hydrogen) atoms. The van der Waals surface area contributed by atoms with Gasteiger partial charge in [-0.1, -0.05) is 36.4 Å². The highest BCUT2D eigenvalue weighted by molar-refractivity contribution is 7.17. The van der Waals surface area contributed by atoms with Crippen molar-refractivity contribution in [3.63, 3.8) is 0 Å². The van der Waals surface area contributed by atoms with Crippen LogP contribution in [0.5, 0.6) is 11.6 Å². The van der Waals surface area contributed by atoms with Crippen LogP contribution in [0, 0.1) is 6.92 Å². The lowest BCUT2D eigenvalue weighted by Crippen LogP contribution is -2.36. The Morgan fingerprint density at radius 2 is 1.91 bits per heavy atom. The molecule has 1 aliphatic heterocycles. The van der Waals surface area contributed by atoms with E-state index in [0.717, 1.165) is 71.5 Å². The van der Waals surface area contributed by atoms with Crippen molar-refractivity contribution in [2.45, 2.75) is 20.4 Å². The highest BCUT2D eigenvalue weighted by Gasteiger charge is 2.19. The largest absolute Gasteiger partial charge is 0.438 e. The van der Waals surface area contributed by atoms with Crippen LogP contribution in [0.15, 0.2) is 53.9 Å². The topological polar surface area (TPSA) is 59.5 Å². The van der Waals surface area contributed by atoms with Gasteiger partial charge in [-0.3, -0.25) is 4.90 Å². The molecule has 4 aromatic rings. The van der Waals surface area contributed by atoms with E-state index in [1.807, 2.05) is 18.2 Å². The first kappa shape index (κ1) is 21.8. The SMILES string of the molecule is CCNc1cc(Oc2nc(CN3CCOCC3)nc3scc(-c4ccccc4)c23)ccc1C. The van der Waals surface area contributed by atoms with Crippen molar-refractivity contribution >= 4 is 27.2 Å². The number of nitrogens with zero attached hydrogens (tertiary/aromatic N) is 3. The minimum atomic E-state index is 0.606. The van der Waals surface area contributed by atoms with Crippen molar-refractivity contribution in [2.24, 2.45) is 0 Å². The number of rotatable bonds is 7. The summed E-state index contributed by atoms with van der Waals surface area (Å²) in [5.41, 5.74) is 4.49. The molecule has 3 heterocycles. The van der Waals surface area contributed by atoms with Gasteiger partial charge < -0.3 is 14.8 Å². The van der Waals surface area contributed by atoms with E-state index in [9.17, 15) is 0 Å².